The number of benzene rings is 1. The van der Waals surface area contributed by atoms with E-state index >= 15 is 0 Å². The van der Waals surface area contributed by atoms with Gasteiger partial charge in [-0.25, -0.2) is 8.42 Å². The van der Waals surface area contributed by atoms with Crippen LogP contribution in [0.3, 0.4) is 0 Å². The number of carbonyl (C=O) groups is 3. The second-order valence-electron chi connectivity index (χ2n) is 4.78. The minimum Gasteiger partial charge on any atom is -0.548 e. The molecule has 0 aromatic heterocycles. The van der Waals surface area contributed by atoms with E-state index in [2.05, 4.69) is 0 Å². The molecule has 2 rings (SSSR count). The van der Waals surface area contributed by atoms with Crippen molar-refractivity contribution in [1.29, 1.82) is 0 Å². The largest absolute Gasteiger partial charge is 0.548 e. The summed E-state index contributed by atoms with van der Waals surface area (Å²) in [6.07, 6.45) is 0.550. The van der Waals surface area contributed by atoms with Gasteiger partial charge in [0.25, 0.3) is 11.8 Å². The van der Waals surface area contributed by atoms with Crippen LogP contribution in [0.25, 0.3) is 0 Å². The van der Waals surface area contributed by atoms with Crippen LogP contribution in [0.1, 0.15) is 27.1 Å². The molecular weight excluding hydrogens is 298 g/mol. The van der Waals surface area contributed by atoms with E-state index in [1.165, 1.54) is 12.1 Å². The third kappa shape index (κ3) is 2.94. The number of hydrogen-bond acceptors (Lipinski definition) is 6. The van der Waals surface area contributed by atoms with Crippen LogP contribution < -0.4 is 5.11 Å². The zero-order chi connectivity index (χ0) is 15.8. The summed E-state index contributed by atoms with van der Waals surface area (Å²) in [5.74, 6) is -3.62. The maximum absolute atomic E-state index is 12.1. The molecular formula is C13H12NO6S-. The van der Waals surface area contributed by atoms with Crippen LogP contribution in [0.2, 0.25) is 0 Å². The van der Waals surface area contributed by atoms with Gasteiger partial charge in [0.1, 0.15) is 9.84 Å². The monoisotopic (exact) mass is 310 g/mol. The van der Waals surface area contributed by atoms with Gasteiger partial charge >= 0.3 is 0 Å². The Bertz CT molecular complexity index is 689. The van der Waals surface area contributed by atoms with Crippen molar-refractivity contribution in [3.8, 4) is 0 Å². The highest BCUT2D eigenvalue weighted by Gasteiger charge is 2.40. The van der Waals surface area contributed by atoms with Crippen LogP contribution >= 0.6 is 0 Å². The molecule has 0 radical (unpaired) electrons. The zero-order valence-corrected chi connectivity index (χ0v) is 11.9. The normalized spacial score (nSPS) is 16.0. The molecule has 0 spiro atoms. The Morgan fingerprint density at radius 2 is 1.67 bits per heavy atom. The predicted octanol–water partition coefficient (Wildman–Crippen LogP) is -1.16. The summed E-state index contributed by atoms with van der Waals surface area (Å²) in [7, 11) is -3.43. The second-order valence-corrected chi connectivity index (χ2v) is 7.04. The summed E-state index contributed by atoms with van der Waals surface area (Å²) in [6, 6.07) is 4.33. The number of rotatable bonds is 5. The molecule has 1 heterocycles. The zero-order valence-electron chi connectivity index (χ0n) is 11.1. The Balaban J connectivity index is 2.33. The second kappa shape index (κ2) is 5.28. The third-order valence-corrected chi connectivity index (χ3v) is 4.15. The third-order valence-electron chi connectivity index (χ3n) is 3.17. The molecule has 0 aliphatic carbocycles. The fourth-order valence-corrected chi connectivity index (χ4v) is 2.82. The fraction of sp³-hybridized carbons (Fsp3) is 0.308. The van der Waals surface area contributed by atoms with Gasteiger partial charge in [-0.05, 0) is 18.6 Å². The summed E-state index contributed by atoms with van der Waals surface area (Å²) in [6.45, 7) is 0. The van der Waals surface area contributed by atoms with E-state index < -0.39 is 45.8 Å². The Kier molecular flexibility index (Phi) is 3.82. The van der Waals surface area contributed by atoms with Crippen LogP contribution in [0.15, 0.2) is 24.3 Å². The molecule has 0 N–H and O–H groups in total. The van der Waals surface area contributed by atoms with E-state index in [1.54, 1.807) is 12.1 Å². The number of amides is 2. The number of carboxylic acids is 1. The summed E-state index contributed by atoms with van der Waals surface area (Å²) in [5, 5.41) is 11.2. The average molecular weight is 310 g/mol. The minimum atomic E-state index is -3.43. The summed E-state index contributed by atoms with van der Waals surface area (Å²) in [4.78, 5) is 36.0. The van der Waals surface area contributed by atoms with Gasteiger partial charge in [0.2, 0.25) is 0 Å². The molecule has 0 saturated heterocycles. The van der Waals surface area contributed by atoms with E-state index in [1.807, 2.05) is 0 Å². The quantitative estimate of drug-likeness (QED) is 0.634. The number of fused-ring (bicyclic) bond motifs is 1. The summed E-state index contributed by atoms with van der Waals surface area (Å²) in [5.41, 5.74) is 0.209. The Hall–Kier alpha value is -2.22. The van der Waals surface area contributed by atoms with Crippen LogP contribution in [-0.4, -0.2) is 49.2 Å². The molecule has 1 aliphatic heterocycles. The summed E-state index contributed by atoms with van der Waals surface area (Å²) < 4.78 is 22.3. The Morgan fingerprint density at radius 1 is 1.19 bits per heavy atom. The van der Waals surface area contributed by atoms with Gasteiger partial charge in [0.15, 0.2) is 0 Å². The van der Waals surface area contributed by atoms with Crippen LogP contribution in [-0.2, 0) is 14.6 Å². The van der Waals surface area contributed by atoms with Crippen LogP contribution in [0.4, 0.5) is 0 Å². The summed E-state index contributed by atoms with van der Waals surface area (Å²) >= 11 is 0. The van der Waals surface area contributed by atoms with Crippen LogP contribution in [0, 0.1) is 0 Å². The van der Waals surface area contributed by atoms with E-state index in [-0.39, 0.29) is 11.1 Å². The molecule has 0 fully saturated rings. The molecule has 1 atom stereocenters. The molecule has 1 aromatic rings. The highest BCUT2D eigenvalue weighted by atomic mass is 32.2. The molecule has 1 aromatic carbocycles. The smallest absolute Gasteiger partial charge is 0.262 e. The first-order valence-corrected chi connectivity index (χ1v) is 8.14. The van der Waals surface area contributed by atoms with E-state index in [4.69, 9.17) is 0 Å². The molecule has 0 bridgehead atoms. The van der Waals surface area contributed by atoms with Gasteiger partial charge in [-0.2, -0.15) is 0 Å². The molecule has 7 nitrogen and oxygen atoms in total. The number of sulfone groups is 1. The van der Waals surface area contributed by atoms with Gasteiger partial charge in [-0.15, -0.1) is 0 Å². The lowest BCUT2D eigenvalue weighted by Gasteiger charge is -2.26. The first-order valence-electron chi connectivity index (χ1n) is 6.08. The molecule has 112 valence electrons. The molecule has 0 unspecified atom stereocenters. The number of carboxylic acid groups (broad SMARTS) is 1. The van der Waals surface area contributed by atoms with Crippen molar-refractivity contribution in [2.75, 3.05) is 12.0 Å². The molecule has 1 aliphatic rings. The van der Waals surface area contributed by atoms with Gasteiger partial charge in [0.05, 0.1) is 28.9 Å². The van der Waals surface area contributed by atoms with Gasteiger partial charge in [-0.3, -0.25) is 14.5 Å². The fourth-order valence-electron chi connectivity index (χ4n) is 2.17. The SMILES string of the molecule is CS(=O)(=O)CC[C@@H](C(=O)[O-])N1C(=O)c2ccccc2C1=O. The van der Waals surface area contributed by atoms with Crippen molar-refractivity contribution >= 4 is 27.6 Å². The highest BCUT2D eigenvalue weighted by Crippen LogP contribution is 2.25. The van der Waals surface area contributed by atoms with Crippen molar-refractivity contribution in [1.82, 2.24) is 4.90 Å². The topological polar surface area (TPSA) is 112 Å². The first-order chi connectivity index (χ1) is 9.72. The minimum absolute atomic E-state index is 0.105. The molecule has 21 heavy (non-hydrogen) atoms. The van der Waals surface area contributed by atoms with Crippen molar-refractivity contribution in [2.45, 2.75) is 12.5 Å². The number of hydrogen-bond donors (Lipinski definition) is 0. The molecule has 8 heteroatoms. The van der Waals surface area contributed by atoms with Gasteiger partial charge in [-0.1, -0.05) is 12.1 Å². The van der Waals surface area contributed by atoms with Crippen molar-refractivity contribution in [2.24, 2.45) is 0 Å². The number of carbonyl (C=O) groups excluding carboxylic acids is 3. The molecule has 2 amide bonds. The van der Waals surface area contributed by atoms with Crippen LogP contribution in [0.5, 0.6) is 0 Å². The standard InChI is InChI=1S/C13H13NO6S/c1-21(19,20)7-6-10(13(17)18)14-11(15)8-4-2-3-5-9(8)12(14)16/h2-5,10H,6-7H2,1H3,(H,17,18)/p-1/t10-/m0/s1. The lowest BCUT2D eigenvalue weighted by molar-refractivity contribution is -0.310. The lowest BCUT2D eigenvalue weighted by Crippen LogP contribution is -2.51. The predicted molar refractivity (Wildman–Crippen MR) is 70.1 cm³/mol. The van der Waals surface area contributed by atoms with Gasteiger partial charge in [0, 0.05) is 6.26 Å². The highest BCUT2D eigenvalue weighted by molar-refractivity contribution is 7.90. The van der Waals surface area contributed by atoms with E-state index in [0.29, 0.717) is 4.90 Å². The number of imide groups is 1. The maximum Gasteiger partial charge on any atom is 0.262 e. The van der Waals surface area contributed by atoms with Crippen molar-refractivity contribution in [3.05, 3.63) is 35.4 Å². The number of nitrogens with zero attached hydrogens (tertiary/aromatic N) is 1. The van der Waals surface area contributed by atoms with Crippen molar-refractivity contribution < 1.29 is 27.9 Å². The number of aliphatic carboxylic acids is 1. The Morgan fingerprint density at radius 3 is 2.05 bits per heavy atom. The lowest BCUT2D eigenvalue weighted by atomic mass is 10.1. The maximum atomic E-state index is 12.1. The van der Waals surface area contributed by atoms with Gasteiger partial charge < -0.3 is 9.90 Å². The molecule has 0 saturated carbocycles. The van der Waals surface area contributed by atoms with E-state index in [9.17, 15) is 27.9 Å². The Labute approximate surface area is 121 Å². The average Bonchev–Trinajstić information content (AvgIpc) is 2.63. The first kappa shape index (κ1) is 15.2. The van der Waals surface area contributed by atoms with E-state index in [0.717, 1.165) is 6.26 Å². The van der Waals surface area contributed by atoms with Crippen molar-refractivity contribution in [3.63, 3.8) is 0 Å².